The van der Waals surface area contributed by atoms with Gasteiger partial charge in [0.2, 0.25) is 5.91 Å². The fourth-order valence-electron chi connectivity index (χ4n) is 1.74. The van der Waals surface area contributed by atoms with Gasteiger partial charge in [-0.3, -0.25) is 4.79 Å². The second-order valence-corrected chi connectivity index (χ2v) is 4.71. The van der Waals surface area contributed by atoms with Crippen LogP contribution in [0.25, 0.3) is 0 Å². The second kappa shape index (κ2) is 6.40. The number of aryl methyl sites for hydroxylation is 3. The van der Waals surface area contributed by atoms with Crippen molar-refractivity contribution in [3.63, 3.8) is 0 Å². The summed E-state index contributed by atoms with van der Waals surface area (Å²) in [4.78, 5) is 11.5. The highest BCUT2D eigenvalue weighted by Crippen LogP contribution is 2.12. The molecule has 0 bridgehead atoms. The Bertz CT molecular complexity index is 386. The number of benzene rings is 1. The Hall–Kier alpha value is -1.35. The first-order chi connectivity index (χ1) is 7.99. The zero-order chi connectivity index (χ0) is 12.8. The number of nitrogens with two attached hydrogens (primary N) is 1. The van der Waals surface area contributed by atoms with Crippen LogP contribution in [-0.4, -0.2) is 18.5 Å². The maximum atomic E-state index is 11.5. The number of amides is 1. The molecule has 1 aromatic carbocycles. The summed E-state index contributed by atoms with van der Waals surface area (Å²) in [5.41, 5.74) is 9.33. The fourth-order valence-corrected chi connectivity index (χ4v) is 1.74. The number of nitrogens with one attached hydrogen (secondary N) is 1. The Morgan fingerprint density at radius 2 is 2.12 bits per heavy atom. The Morgan fingerprint density at radius 1 is 1.41 bits per heavy atom. The molecule has 0 aliphatic carbocycles. The summed E-state index contributed by atoms with van der Waals surface area (Å²) in [6, 6.07) is 6.35. The molecule has 0 heterocycles. The standard InChI is InChI=1S/C14H22N2O/c1-10-4-5-13(11(2)8-10)6-7-14(17)16-9-12(3)15/h4-5,8,12H,6-7,9,15H2,1-3H3,(H,16,17). The minimum atomic E-state index is 0.0139. The van der Waals surface area contributed by atoms with Crippen molar-refractivity contribution in [1.82, 2.24) is 5.32 Å². The van der Waals surface area contributed by atoms with Crippen LogP contribution in [0.15, 0.2) is 18.2 Å². The number of rotatable bonds is 5. The third-order valence-electron chi connectivity index (χ3n) is 2.74. The lowest BCUT2D eigenvalue weighted by molar-refractivity contribution is -0.121. The van der Waals surface area contributed by atoms with E-state index < -0.39 is 0 Å². The molecule has 94 valence electrons. The van der Waals surface area contributed by atoms with E-state index >= 15 is 0 Å². The molecule has 1 aromatic rings. The van der Waals surface area contributed by atoms with Gasteiger partial charge in [-0.05, 0) is 38.3 Å². The molecule has 0 spiro atoms. The Kier molecular flexibility index (Phi) is 5.16. The first-order valence-corrected chi connectivity index (χ1v) is 6.07. The number of carbonyl (C=O) groups is 1. The molecule has 0 aliphatic heterocycles. The first kappa shape index (κ1) is 13.7. The van der Waals surface area contributed by atoms with E-state index in [1.807, 2.05) is 6.92 Å². The van der Waals surface area contributed by atoms with Gasteiger partial charge in [-0.2, -0.15) is 0 Å². The van der Waals surface area contributed by atoms with Crippen molar-refractivity contribution in [3.8, 4) is 0 Å². The van der Waals surface area contributed by atoms with Crippen LogP contribution in [-0.2, 0) is 11.2 Å². The van der Waals surface area contributed by atoms with E-state index in [1.54, 1.807) is 0 Å². The lowest BCUT2D eigenvalue weighted by atomic mass is 10.0. The molecule has 0 fully saturated rings. The topological polar surface area (TPSA) is 55.1 Å². The summed E-state index contributed by atoms with van der Waals surface area (Å²) in [7, 11) is 0. The Morgan fingerprint density at radius 3 is 2.71 bits per heavy atom. The van der Waals surface area contributed by atoms with Crippen LogP contribution >= 0.6 is 0 Å². The molecule has 3 N–H and O–H groups in total. The van der Waals surface area contributed by atoms with E-state index in [0.717, 1.165) is 6.42 Å². The molecular formula is C14H22N2O. The molecule has 0 radical (unpaired) electrons. The summed E-state index contributed by atoms with van der Waals surface area (Å²) >= 11 is 0. The zero-order valence-corrected chi connectivity index (χ0v) is 10.9. The highest BCUT2D eigenvalue weighted by Gasteiger charge is 2.04. The van der Waals surface area contributed by atoms with Gasteiger partial charge in [0.05, 0.1) is 0 Å². The summed E-state index contributed by atoms with van der Waals surface area (Å²) in [5.74, 6) is 0.0716. The molecule has 0 saturated carbocycles. The van der Waals surface area contributed by atoms with Crippen LogP contribution in [0.3, 0.4) is 0 Å². The Labute approximate surface area is 103 Å². The van der Waals surface area contributed by atoms with Crippen molar-refractivity contribution in [2.24, 2.45) is 5.73 Å². The van der Waals surface area contributed by atoms with Gasteiger partial charge in [0.1, 0.15) is 0 Å². The quantitative estimate of drug-likeness (QED) is 0.814. The fraction of sp³-hybridized carbons (Fsp3) is 0.500. The predicted octanol–water partition coefficient (Wildman–Crippen LogP) is 1.70. The molecule has 1 atom stereocenters. The molecule has 17 heavy (non-hydrogen) atoms. The predicted molar refractivity (Wildman–Crippen MR) is 70.9 cm³/mol. The number of hydrogen-bond acceptors (Lipinski definition) is 2. The summed E-state index contributed by atoms with van der Waals surface area (Å²) in [6.07, 6.45) is 1.31. The molecule has 0 saturated heterocycles. The largest absolute Gasteiger partial charge is 0.355 e. The average molecular weight is 234 g/mol. The molecule has 0 aromatic heterocycles. The Balaban J connectivity index is 2.42. The highest BCUT2D eigenvalue weighted by atomic mass is 16.1. The molecule has 1 rings (SSSR count). The first-order valence-electron chi connectivity index (χ1n) is 6.07. The average Bonchev–Trinajstić information content (AvgIpc) is 2.25. The summed E-state index contributed by atoms with van der Waals surface area (Å²) < 4.78 is 0. The monoisotopic (exact) mass is 234 g/mol. The molecule has 3 heteroatoms. The van der Waals surface area contributed by atoms with Crippen LogP contribution < -0.4 is 11.1 Å². The SMILES string of the molecule is Cc1ccc(CCC(=O)NCC(C)N)c(C)c1. The van der Waals surface area contributed by atoms with Crippen LogP contribution in [0.4, 0.5) is 0 Å². The van der Waals surface area contributed by atoms with Gasteiger partial charge in [-0.1, -0.05) is 23.8 Å². The van der Waals surface area contributed by atoms with E-state index in [4.69, 9.17) is 5.73 Å². The van der Waals surface area contributed by atoms with Gasteiger partial charge in [0.15, 0.2) is 0 Å². The van der Waals surface area contributed by atoms with Crippen molar-refractivity contribution in [2.45, 2.75) is 39.7 Å². The van der Waals surface area contributed by atoms with Crippen molar-refractivity contribution in [2.75, 3.05) is 6.54 Å². The van der Waals surface area contributed by atoms with Crippen LogP contribution in [0.5, 0.6) is 0 Å². The third-order valence-corrected chi connectivity index (χ3v) is 2.74. The van der Waals surface area contributed by atoms with Gasteiger partial charge in [0, 0.05) is 19.0 Å². The van der Waals surface area contributed by atoms with E-state index in [0.29, 0.717) is 13.0 Å². The second-order valence-electron chi connectivity index (χ2n) is 4.71. The van der Waals surface area contributed by atoms with Crippen molar-refractivity contribution < 1.29 is 4.79 Å². The van der Waals surface area contributed by atoms with Gasteiger partial charge >= 0.3 is 0 Å². The minimum Gasteiger partial charge on any atom is -0.355 e. The lowest BCUT2D eigenvalue weighted by Crippen LogP contribution is -2.35. The lowest BCUT2D eigenvalue weighted by Gasteiger charge is -2.09. The van der Waals surface area contributed by atoms with Crippen LogP contribution in [0, 0.1) is 13.8 Å². The number of hydrogen-bond donors (Lipinski definition) is 2. The van der Waals surface area contributed by atoms with E-state index in [2.05, 4.69) is 37.4 Å². The van der Waals surface area contributed by atoms with Crippen molar-refractivity contribution in [1.29, 1.82) is 0 Å². The number of carbonyl (C=O) groups excluding carboxylic acids is 1. The maximum Gasteiger partial charge on any atom is 0.220 e. The summed E-state index contributed by atoms with van der Waals surface area (Å²) in [6.45, 7) is 6.59. The van der Waals surface area contributed by atoms with Gasteiger partial charge < -0.3 is 11.1 Å². The summed E-state index contributed by atoms with van der Waals surface area (Å²) in [5, 5.41) is 2.82. The molecular weight excluding hydrogens is 212 g/mol. The minimum absolute atomic E-state index is 0.0139. The van der Waals surface area contributed by atoms with Crippen molar-refractivity contribution >= 4 is 5.91 Å². The van der Waals surface area contributed by atoms with E-state index in [-0.39, 0.29) is 11.9 Å². The molecule has 1 unspecified atom stereocenters. The van der Waals surface area contributed by atoms with Crippen LogP contribution in [0.2, 0.25) is 0 Å². The smallest absolute Gasteiger partial charge is 0.220 e. The maximum absolute atomic E-state index is 11.5. The normalized spacial score (nSPS) is 12.2. The van der Waals surface area contributed by atoms with E-state index in [9.17, 15) is 4.79 Å². The van der Waals surface area contributed by atoms with Crippen molar-refractivity contribution in [3.05, 3.63) is 34.9 Å². The molecule has 1 amide bonds. The van der Waals surface area contributed by atoms with Gasteiger partial charge in [-0.15, -0.1) is 0 Å². The molecule has 3 nitrogen and oxygen atoms in total. The zero-order valence-electron chi connectivity index (χ0n) is 10.9. The van der Waals surface area contributed by atoms with Gasteiger partial charge in [-0.25, -0.2) is 0 Å². The van der Waals surface area contributed by atoms with Crippen LogP contribution in [0.1, 0.15) is 30.0 Å². The highest BCUT2D eigenvalue weighted by molar-refractivity contribution is 5.76. The molecule has 0 aliphatic rings. The van der Waals surface area contributed by atoms with Gasteiger partial charge in [0.25, 0.3) is 0 Å². The third kappa shape index (κ3) is 5.00. The van der Waals surface area contributed by atoms with E-state index in [1.165, 1.54) is 16.7 Å².